The highest BCUT2D eigenvalue weighted by molar-refractivity contribution is 5.94. The Morgan fingerprint density at radius 1 is 0.944 bits per heavy atom. The average molecular weight is 489 g/mol. The van der Waals surface area contributed by atoms with Crippen LogP contribution in [-0.4, -0.2) is 53.9 Å². The van der Waals surface area contributed by atoms with Gasteiger partial charge in [-0.25, -0.2) is 0 Å². The molecule has 3 aromatic rings. The number of hydrogen-bond donors (Lipinski definition) is 3. The number of amides is 1. The molecule has 0 saturated heterocycles. The summed E-state index contributed by atoms with van der Waals surface area (Å²) < 4.78 is 0. The lowest BCUT2D eigenvalue weighted by molar-refractivity contribution is 0.0685. The zero-order valence-electron chi connectivity index (χ0n) is 21.4. The Morgan fingerprint density at radius 3 is 2.39 bits per heavy atom. The smallest absolute Gasteiger partial charge is 0.254 e. The quantitative estimate of drug-likeness (QED) is 0.356. The maximum atomic E-state index is 12.7. The summed E-state index contributed by atoms with van der Waals surface area (Å²) in [7, 11) is 0. The highest BCUT2D eigenvalue weighted by Crippen LogP contribution is 2.32. The zero-order chi connectivity index (χ0) is 25.3. The molecule has 5 nitrogen and oxygen atoms in total. The highest BCUT2D eigenvalue weighted by atomic mass is 16.3. The van der Waals surface area contributed by atoms with E-state index in [1.165, 1.54) is 52.5 Å². The predicted molar refractivity (Wildman–Crippen MR) is 146 cm³/mol. The van der Waals surface area contributed by atoms with Crippen LogP contribution in [0.5, 0.6) is 0 Å². The summed E-state index contributed by atoms with van der Waals surface area (Å²) in [4.78, 5) is 14.2. The van der Waals surface area contributed by atoms with Gasteiger partial charge in [-0.3, -0.25) is 4.79 Å². The van der Waals surface area contributed by atoms with Crippen molar-refractivity contribution < 1.29 is 15.0 Å². The first kappa shape index (κ1) is 26.3. The third-order valence-corrected chi connectivity index (χ3v) is 7.65. The Balaban J connectivity index is 1.30. The van der Waals surface area contributed by atoms with Crippen LogP contribution in [0.25, 0.3) is 10.8 Å². The normalized spacial score (nSPS) is 18.8. The first-order valence-corrected chi connectivity index (χ1v) is 13.4. The van der Waals surface area contributed by atoms with Gasteiger partial charge in [0.2, 0.25) is 0 Å². The molecule has 36 heavy (non-hydrogen) atoms. The van der Waals surface area contributed by atoms with Gasteiger partial charge < -0.3 is 20.4 Å². The number of benzene rings is 3. The molecule has 2 unspecified atom stereocenters. The van der Waals surface area contributed by atoms with E-state index in [0.29, 0.717) is 23.4 Å². The minimum absolute atomic E-state index is 0.109. The van der Waals surface area contributed by atoms with Crippen molar-refractivity contribution in [1.29, 1.82) is 0 Å². The standard InChI is InChI=1S/C31H40N2O3/c1-23(29-11-5-9-27-8-2-3-10-30(27)29)32-22-26-7-4-6-25(21-26)20-24-12-14-28(15-13-24)31(36)33(16-18-34)17-19-35/h2-3,5,8-15,23,25-26,32,34-35H,4,6-7,16-22H2,1H3/t23-,25?,26?/m1/s1. The summed E-state index contributed by atoms with van der Waals surface area (Å²) in [6, 6.07) is 23.4. The van der Waals surface area contributed by atoms with E-state index >= 15 is 0 Å². The van der Waals surface area contributed by atoms with Gasteiger partial charge in [0.1, 0.15) is 0 Å². The number of nitrogens with one attached hydrogen (secondary N) is 1. The van der Waals surface area contributed by atoms with Crippen LogP contribution >= 0.6 is 0 Å². The Labute approximate surface area is 215 Å². The lowest BCUT2D eigenvalue weighted by Gasteiger charge is -2.30. The lowest BCUT2D eigenvalue weighted by atomic mass is 9.78. The van der Waals surface area contributed by atoms with E-state index in [1.54, 1.807) is 0 Å². The summed E-state index contributed by atoms with van der Waals surface area (Å²) in [6.07, 6.45) is 6.09. The van der Waals surface area contributed by atoms with Crippen molar-refractivity contribution in [2.75, 3.05) is 32.8 Å². The van der Waals surface area contributed by atoms with E-state index in [-0.39, 0.29) is 32.2 Å². The molecule has 5 heteroatoms. The highest BCUT2D eigenvalue weighted by Gasteiger charge is 2.23. The van der Waals surface area contributed by atoms with E-state index in [9.17, 15) is 15.0 Å². The van der Waals surface area contributed by atoms with E-state index in [4.69, 9.17) is 0 Å². The number of hydrogen-bond acceptors (Lipinski definition) is 4. The van der Waals surface area contributed by atoms with Crippen LogP contribution in [0.15, 0.2) is 66.7 Å². The van der Waals surface area contributed by atoms with Gasteiger partial charge >= 0.3 is 0 Å². The fourth-order valence-electron chi connectivity index (χ4n) is 5.71. The molecule has 1 aliphatic carbocycles. The third kappa shape index (κ3) is 6.73. The molecule has 1 amide bonds. The summed E-state index contributed by atoms with van der Waals surface area (Å²) in [5, 5.41) is 24.8. The van der Waals surface area contributed by atoms with Crippen LogP contribution in [0.4, 0.5) is 0 Å². The van der Waals surface area contributed by atoms with Crippen molar-refractivity contribution >= 4 is 16.7 Å². The number of carbonyl (C=O) groups excluding carboxylic acids is 1. The van der Waals surface area contributed by atoms with Gasteiger partial charge in [0, 0.05) is 24.7 Å². The fraction of sp³-hybridized carbons (Fsp3) is 0.452. The molecule has 0 aromatic heterocycles. The number of nitrogens with zero attached hydrogens (tertiary/aromatic N) is 1. The number of aliphatic hydroxyl groups is 2. The Bertz CT molecular complexity index is 1100. The maximum Gasteiger partial charge on any atom is 0.254 e. The summed E-state index contributed by atoms with van der Waals surface area (Å²) in [5.74, 6) is 1.21. The minimum atomic E-state index is -0.145. The SMILES string of the molecule is C[C@@H](NCC1CCCC(Cc2ccc(C(=O)N(CCO)CCO)cc2)C1)c1cccc2ccccc12. The van der Waals surface area contributed by atoms with Gasteiger partial charge in [-0.05, 0) is 78.6 Å². The molecule has 1 fully saturated rings. The lowest BCUT2D eigenvalue weighted by Crippen LogP contribution is -2.35. The van der Waals surface area contributed by atoms with E-state index in [2.05, 4.69) is 66.8 Å². The Morgan fingerprint density at radius 2 is 1.64 bits per heavy atom. The molecule has 1 saturated carbocycles. The summed E-state index contributed by atoms with van der Waals surface area (Å²) in [6.45, 7) is 3.56. The van der Waals surface area contributed by atoms with Gasteiger partial charge in [0.15, 0.2) is 0 Å². The molecular formula is C31H40N2O3. The van der Waals surface area contributed by atoms with Crippen LogP contribution in [0.3, 0.4) is 0 Å². The van der Waals surface area contributed by atoms with E-state index < -0.39 is 0 Å². The molecule has 0 aliphatic heterocycles. The molecule has 0 spiro atoms. The van der Waals surface area contributed by atoms with Gasteiger partial charge in [-0.15, -0.1) is 0 Å². The Hall–Kier alpha value is -2.73. The molecule has 1 aliphatic rings. The first-order valence-electron chi connectivity index (χ1n) is 13.4. The number of rotatable bonds is 11. The van der Waals surface area contributed by atoms with Crippen molar-refractivity contribution in [3.05, 3.63) is 83.4 Å². The van der Waals surface area contributed by atoms with Gasteiger partial charge in [0.25, 0.3) is 5.91 Å². The molecule has 3 atom stereocenters. The summed E-state index contributed by atoms with van der Waals surface area (Å²) >= 11 is 0. The van der Waals surface area contributed by atoms with Gasteiger partial charge in [0.05, 0.1) is 13.2 Å². The second-order valence-electron chi connectivity index (χ2n) is 10.2. The Kier molecular flexibility index (Phi) is 9.51. The van der Waals surface area contributed by atoms with Crippen molar-refractivity contribution in [3.8, 4) is 0 Å². The van der Waals surface area contributed by atoms with Crippen LogP contribution < -0.4 is 5.32 Å². The van der Waals surface area contributed by atoms with Gasteiger partial charge in [-0.1, -0.05) is 67.4 Å². The maximum absolute atomic E-state index is 12.7. The van der Waals surface area contributed by atoms with Gasteiger partial charge in [-0.2, -0.15) is 0 Å². The third-order valence-electron chi connectivity index (χ3n) is 7.65. The molecule has 0 radical (unpaired) electrons. The summed E-state index contributed by atoms with van der Waals surface area (Å²) in [5.41, 5.74) is 3.24. The molecule has 4 rings (SSSR count). The number of carbonyl (C=O) groups is 1. The van der Waals surface area contributed by atoms with Crippen LogP contribution in [0, 0.1) is 11.8 Å². The second kappa shape index (κ2) is 13.0. The molecule has 3 aromatic carbocycles. The topological polar surface area (TPSA) is 72.8 Å². The van der Waals surface area contributed by atoms with E-state index in [0.717, 1.165) is 13.0 Å². The van der Waals surface area contributed by atoms with Crippen LogP contribution in [0.2, 0.25) is 0 Å². The zero-order valence-corrected chi connectivity index (χ0v) is 21.4. The minimum Gasteiger partial charge on any atom is -0.395 e. The molecular weight excluding hydrogens is 448 g/mol. The average Bonchev–Trinajstić information content (AvgIpc) is 2.91. The monoisotopic (exact) mass is 488 g/mol. The molecule has 0 heterocycles. The van der Waals surface area contributed by atoms with Crippen LogP contribution in [-0.2, 0) is 6.42 Å². The molecule has 3 N–H and O–H groups in total. The second-order valence-corrected chi connectivity index (χ2v) is 10.2. The fourth-order valence-corrected chi connectivity index (χ4v) is 5.71. The van der Waals surface area contributed by atoms with Crippen molar-refractivity contribution in [3.63, 3.8) is 0 Å². The first-order chi connectivity index (χ1) is 17.6. The van der Waals surface area contributed by atoms with E-state index in [1.807, 2.05) is 12.1 Å². The molecule has 0 bridgehead atoms. The van der Waals surface area contributed by atoms with Crippen molar-refractivity contribution in [2.45, 2.75) is 45.1 Å². The van der Waals surface area contributed by atoms with Crippen molar-refractivity contribution in [2.24, 2.45) is 11.8 Å². The van der Waals surface area contributed by atoms with Crippen LogP contribution in [0.1, 0.15) is 60.1 Å². The molecule has 192 valence electrons. The predicted octanol–water partition coefficient (Wildman–Crippen LogP) is 4.97. The number of aliphatic hydroxyl groups excluding tert-OH is 2. The largest absolute Gasteiger partial charge is 0.395 e. The number of fused-ring (bicyclic) bond motifs is 1. The van der Waals surface area contributed by atoms with Crippen molar-refractivity contribution in [1.82, 2.24) is 10.2 Å².